The molecule has 0 fully saturated rings. The molecule has 0 saturated heterocycles. The van der Waals surface area contributed by atoms with Crippen LogP contribution in [0.5, 0.6) is 0 Å². The van der Waals surface area contributed by atoms with Crippen LogP contribution in [-0.4, -0.2) is 24.3 Å². The Kier molecular flexibility index (Phi) is 7.12. The zero-order valence-electron chi connectivity index (χ0n) is 14.5. The molecule has 6 heteroatoms. The van der Waals surface area contributed by atoms with E-state index in [1.807, 2.05) is 49.4 Å². The van der Waals surface area contributed by atoms with E-state index in [1.54, 1.807) is 18.2 Å². The van der Waals surface area contributed by atoms with Gasteiger partial charge in [-0.25, -0.2) is 0 Å². The lowest BCUT2D eigenvalue weighted by atomic mass is 10.1. The van der Waals surface area contributed by atoms with E-state index in [9.17, 15) is 14.4 Å². The maximum absolute atomic E-state index is 11.9. The van der Waals surface area contributed by atoms with Crippen molar-refractivity contribution < 1.29 is 14.4 Å². The standard InChI is InChI=1S/C20H21N3O3/c1-2-15-8-11-17(12-9-15)20(26)23-22-19(25)14-21-18(24)13-10-16-6-4-3-5-7-16/h3-13H,2,14H2,1H3,(H,21,24)(H,22,25)(H,23,26)/b13-10+. The Labute approximate surface area is 152 Å². The first-order chi connectivity index (χ1) is 12.6. The number of hydrogen-bond donors (Lipinski definition) is 3. The summed E-state index contributed by atoms with van der Waals surface area (Å²) >= 11 is 0. The van der Waals surface area contributed by atoms with E-state index < -0.39 is 17.7 Å². The van der Waals surface area contributed by atoms with Gasteiger partial charge in [-0.1, -0.05) is 49.4 Å². The first-order valence-electron chi connectivity index (χ1n) is 8.27. The lowest BCUT2D eigenvalue weighted by Crippen LogP contribution is -2.46. The van der Waals surface area contributed by atoms with Crippen molar-refractivity contribution in [2.24, 2.45) is 0 Å². The Morgan fingerprint density at radius 3 is 2.27 bits per heavy atom. The molecule has 26 heavy (non-hydrogen) atoms. The van der Waals surface area contributed by atoms with Crippen molar-refractivity contribution in [1.82, 2.24) is 16.2 Å². The highest BCUT2D eigenvalue weighted by atomic mass is 16.2. The first kappa shape index (κ1) is 18.9. The minimum atomic E-state index is -0.523. The fourth-order valence-corrected chi connectivity index (χ4v) is 2.10. The predicted molar refractivity (Wildman–Crippen MR) is 99.9 cm³/mol. The number of aryl methyl sites for hydroxylation is 1. The van der Waals surface area contributed by atoms with Gasteiger partial charge in [-0.15, -0.1) is 0 Å². The summed E-state index contributed by atoms with van der Waals surface area (Å²) in [5.74, 6) is -1.34. The number of nitrogens with one attached hydrogen (secondary N) is 3. The van der Waals surface area contributed by atoms with Gasteiger partial charge in [0.1, 0.15) is 0 Å². The van der Waals surface area contributed by atoms with Crippen molar-refractivity contribution in [3.8, 4) is 0 Å². The van der Waals surface area contributed by atoms with Crippen molar-refractivity contribution in [3.05, 3.63) is 77.4 Å². The molecule has 2 aromatic carbocycles. The molecule has 3 amide bonds. The lowest BCUT2D eigenvalue weighted by molar-refractivity contribution is -0.124. The number of carbonyl (C=O) groups is 3. The van der Waals surface area contributed by atoms with Crippen LogP contribution >= 0.6 is 0 Å². The number of amides is 3. The molecule has 0 heterocycles. The van der Waals surface area contributed by atoms with Crippen LogP contribution in [0.3, 0.4) is 0 Å². The second-order valence-corrected chi connectivity index (χ2v) is 5.51. The number of benzene rings is 2. The predicted octanol–water partition coefficient (Wildman–Crippen LogP) is 1.84. The van der Waals surface area contributed by atoms with Crippen molar-refractivity contribution in [1.29, 1.82) is 0 Å². The zero-order valence-corrected chi connectivity index (χ0v) is 14.5. The second-order valence-electron chi connectivity index (χ2n) is 5.51. The van der Waals surface area contributed by atoms with E-state index in [0.29, 0.717) is 5.56 Å². The van der Waals surface area contributed by atoms with Gasteiger partial charge in [0.2, 0.25) is 5.91 Å². The fraction of sp³-hybridized carbons (Fsp3) is 0.150. The molecule has 0 aromatic heterocycles. The van der Waals surface area contributed by atoms with Gasteiger partial charge in [-0.05, 0) is 35.8 Å². The van der Waals surface area contributed by atoms with Crippen molar-refractivity contribution in [3.63, 3.8) is 0 Å². The van der Waals surface area contributed by atoms with Gasteiger partial charge in [-0.3, -0.25) is 25.2 Å². The van der Waals surface area contributed by atoms with Gasteiger partial charge >= 0.3 is 0 Å². The summed E-state index contributed by atoms with van der Waals surface area (Å²) in [7, 11) is 0. The monoisotopic (exact) mass is 351 g/mol. The maximum atomic E-state index is 11.9. The van der Waals surface area contributed by atoms with Crippen LogP contribution in [0.1, 0.15) is 28.4 Å². The molecule has 134 valence electrons. The van der Waals surface area contributed by atoms with Gasteiger partial charge in [0.15, 0.2) is 0 Å². The average Bonchev–Trinajstić information content (AvgIpc) is 2.69. The number of hydrogen-bond acceptors (Lipinski definition) is 3. The summed E-state index contributed by atoms with van der Waals surface area (Å²) in [5.41, 5.74) is 7.02. The molecular weight excluding hydrogens is 330 g/mol. The van der Waals surface area contributed by atoms with Crippen LogP contribution in [0.15, 0.2) is 60.7 Å². The Hall–Kier alpha value is -3.41. The van der Waals surface area contributed by atoms with Crippen molar-refractivity contribution in [2.75, 3.05) is 6.54 Å². The highest BCUT2D eigenvalue weighted by molar-refractivity contribution is 5.97. The molecule has 0 aliphatic heterocycles. The van der Waals surface area contributed by atoms with Gasteiger partial charge in [-0.2, -0.15) is 0 Å². The normalized spacial score (nSPS) is 10.3. The van der Waals surface area contributed by atoms with Crippen molar-refractivity contribution in [2.45, 2.75) is 13.3 Å². The third-order valence-corrected chi connectivity index (χ3v) is 3.59. The smallest absolute Gasteiger partial charge is 0.269 e. The summed E-state index contributed by atoms with van der Waals surface area (Å²) in [6.45, 7) is 1.78. The molecule has 2 aromatic rings. The van der Waals surface area contributed by atoms with Crippen molar-refractivity contribution >= 4 is 23.8 Å². The van der Waals surface area contributed by atoms with Crippen LogP contribution in [0.2, 0.25) is 0 Å². The zero-order chi connectivity index (χ0) is 18.8. The molecular formula is C20H21N3O3. The molecule has 0 atom stereocenters. The maximum Gasteiger partial charge on any atom is 0.269 e. The number of rotatable bonds is 6. The molecule has 0 aliphatic carbocycles. The average molecular weight is 351 g/mol. The molecule has 0 aliphatic rings. The summed E-state index contributed by atoms with van der Waals surface area (Å²) in [5, 5.41) is 2.44. The highest BCUT2D eigenvalue weighted by Crippen LogP contribution is 2.04. The Morgan fingerprint density at radius 1 is 0.923 bits per heavy atom. The molecule has 6 nitrogen and oxygen atoms in total. The molecule has 0 unspecified atom stereocenters. The highest BCUT2D eigenvalue weighted by Gasteiger charge is 2.07. The van der Waals surface area contributed by atoms with Crippen LogP contribution in [0, 0.1) is 0 Å². The van der Waals surface area contributed by atoms with E-state index in [4.69, 9.17) is 0 Å². The van der Waals surface area contributed by atoms with Crippen LogP contribution < -0.4 is 16.2 Å². The summed E-state index contributed by atoms with van der Waals surface area (Å²) in [6.07, 6.45) is 3.88. The number of hydrazine groups is 1. The third kappa shape index (κ3) is 6.24. The van der Waals surface area contributed by atoms with E-state index in [-0.39, 0.29) is 6.54 Å². The molecule has 0 spiro atoms. The molecule has 0 saturated carbocycles. The molecule has 0 bridgehead atoms. The fourth-order valence-electron chi connectivity index (χ4n) is 2.10. The Bertz CT molecular complexity index is 784. The summed E-state index contributed by atoms with van der Waals surface area (Å²) in [4.78, 5) is 35.3. The van der Waals surface area contributed by atoms with Crippen LogP contribution in [0.25, 0.3) is 6.08 Å². The molecule has 2 rings (SSSR count). The topological polar surface area (TPSA) is 87.3 Å². The molecule has 3 N–H and O–H groups in total. The lowest BCUT2D eigenvalue weighted by Gasteiger charge is -2.08. The quantitative estimate of drug-likeness (QED) is 0.548. The first-order valence-corrected chi connectivity index (χ1v) is 8.27. The number of carbonyl (C=O) groups excluding carboxylic acids is 3. The Morgan fingerprint density at radius 2 is 1.62 bits per heavy atom. The van der Waals surface area contributed by atoms with E-state index in [1.165, 1.54) is 6.08 Å². The van der Waals surface area contributed by atoms with Crippen LogP contribution in [0.4, 0.5) is 0 Å². The van der Waals surface area contributed by atoms with Gasteiger partial charge in [0, 0.05) is 11.6 Å². The third-order valence-electron chi connectivity index (χ3n) is 3.59. The van der Waals surface area contributed by atoms with E-state index in [2.05, 4.69) is 16.2 Å². The summed E-state index contributed by atoms with van der Waals surface area (Å²) < 4.78 is 0. The Balaban J connectivity index is 1.71. The second kappa shape index (κ2) is 9.78. The molecule has 0 radical (unpaired) electrons. The minimum absolute atomic E-state index is 0.243. The van der Waals surface area contributed by atoms with E-state index in [0.717, 1.165) is 17.5 Å². The SMILES string of the molecule is CCc1ccc(C(=O)NNC(=O)CNC(=O)/C=C/c2ccccc2)cc1. The largest absolute Gasteiger partial charge is 0.343 e. The van der Waals surface area contributed by atoms with Crippen LogP contribution in [-0.2, 0) is 16.0 Å². The van der Waals surface area contributed by atoms with Gasteiger partial charge in [0.25, 0.3) is 11.8 Å². The van der Waals surface area contributed by atoms with E-state index >= 15 is 0 Å². The minimum Gasteiger partial charge on any atom is -0.343 e. The summed E-state index contributed by atoms with van der Waals surface area (Å²) in [6, 6.07) is 16.4. The van der Waals surface area contributed by atoms with Gasteiger partial charge in [0.05, 0.1) is 6.54 Å². The van der Waals surface area contributed by atoms with Gasteiger partial charge < -0.3 is 5.32 Å².